The summed E-state index contributed by atoms with van der Waals surface area (Å²) >= 11 is 0. The fourth-order valence-electron chi connectivity index (χ4n) is 9.47. The molecule has 0 amide bonds. The van der Waals surface area contributed by atoms with Crippen molar-refractivity contribution in [3.8, 4) is 34.5 Å². The maximum absolute atomic E-state index is 12.7. The Bertz CT molecular complexity index is 4850. The fourth-order valence-corrected chi connectivity index (χ4v) is 11.8. The molecule has 0 fully saturated rings. The van der Waals surface area contributed by atoms with Gasteiger partial charge in [-0.1, -0.05) is 72.8 Å². The van der Waals surface area contributed by atoms with Gasteiger partial charge in [0.15, 0.2) is 34.5 Å². The van der Waals surface area contributed by atoms with Crippen LogP contribution < -0.4 is 333 Å². The maximum Gasteiger partial charge on any atom is 1.00 e. The smallest absolute Gasteiger partial charge is 0.716 e. The standard InChI is InChI=1S/C42H24N2O24S6.6K/c45-69(46,47)63-37-17-7-1-3-9-19(17)39(65-71(51,52)53)25-15-29-27(13-23(25)37)31-32-28-14-24-26(40(66-72(54,55)56)20-10-4-2-8-18(20)38(24)64-70(48,49)50)16-30(28)44-36(32)34-33(35(31)43-29)41(67-73(57,58)59)21-11-5-6-12-22(21)42(34)68-74(60,61)62;;;;;;/h1-16,43-44H,(H,45,46,47)(H,48,49,50)(H,51,52,53)(H,54,55,56)(H,57,58,59)(H,60,61,62);;;;;;/q;6*+1/p-6. The van der Waals surface area contributed by atoms with Gasteiger partial charge < -0.3 is 62.4 Å². The predicted octanol–water partition coefficient (Wildman–Crippen LogP) is -13.1. The number of hydrogen-bond donors (Lipinski definition) is 2. The molecule has 80 heavy (non-hydrogen) atoms. The molecule has 0 unspecified atom stereocenters. The Labute approximate surface area is 706 Å². The van der Waals surface area contributed by atoms with Crippen LogP contribution in [0, 0.1) is 0 Å². The quantitative estimate of drug-likeness (QED) is 0.0496. The van der Waals surface area contributed by atoms with Crippen LogP contribution in [-0.4, -0.2) is 87.8 Å². The van der Waals surface area contributed by atoms with Gasteiger partial charge in [0, 0.05) is 86.4 Å². The van der Waals surface area contributed by atoms with Gasteiger partial charge in [0.25, 0.3) is 62.4 Å². The van der Waals surface area contributed by atoms with E-state index in [-0.39, 0.29) is 362 Å². The van der Waals surface area contributed by atoms with Gasteiger partial charge in [-0.15, -0.1) is 0 Å². The molecule has 9 aromatic carbocycles. The van der Waals surface area contributed by atoms with Crippen molar-refractivity contribution in [2.24, 2.45) is 0 Å². The third-order valence-electron chi connectivity index (χ3n) is 11.7. The minimum atomic E-state index is -5.85. The van der Waals surface area contributed by atoms with Crippen LogP contribution >= 0.6 is 0 Å². The van der Waals surface area contributed by atoms with Crippen molar-refractivity contribution in [1.29, 1.82) is 0 Å². The number of H-pyrrole nitrogens is 2. The van der Waals surface area contributed by atoms with Crippen LogP contribution in [0.2, 0.25) is 0 Å². The number of benzene rings is 9. The van der Waals surface area contributed by atoms with E-state index in [0.717, 1.165) is 36.4 Å². The maximum atomic E-state index is 12.7. The Hall–Kier alpha value is 2.22. The molecule has 0 atom stereocenters. The van der Waals surface area contributed by atoms with Crippen LogP contribution in [0.3, 0.4) is 0 Å². The summed E-state index contributed by atoms with van der Waals surface area (Å²) in [4.78, 5) is 5.88. The summed E-state index contributed by atoms with van der Waals surface area (Å²) in [6.45, 7) is 0. The second-order valence-corrected chi connectivity index (χ2v) is 21.8. The molecule has 11 aromatic rings. The molecule has 38 heteroatoms. The summed E-state index contributed by atoms with van der Waals surface area (Å²) in [6, 6.07) is 19.0. The SMILES string of the molecule is O=S(=O)([O-])Oc1c2ccccc2c(OS(=O)(=O)[O-])c2cc3c(cc12)[nH]c1c2c(OS(=O)(=O)[O-])c4ccccc4c(OS(=O)(=O)[O-])c2c2[nH]c4cc5c(OS(=O)(=O)[O-])c6ccccc6c(OS(=O)(=O)[O-])c5cc4c2c31.[K+].[K+].[K+].[K+].[K+].[K+]. The molecule has 2 aromatic heterocycles. The minimum Gasteiger partial charge on any atom is -0.716 e. The first-order valence-corrected chi connectivity index (χ1v) is 28.0. The number of aromatic nitrogens is 2. The van der Waals surface area contributed by atoms with E-state index in [1.165, 1.54) is 60.7 Å². The van der Waals surface area contributed by atoms with Gasteiger partial charge in [0.1, 0.15) is 0 Å². The molecule has 2 N–H and O–H groups in total. The molecule has 2 heterocycles. The zero-order valence-corrected chi connectivity index (χ0v) is 65.1. The third-order valence-corrected chi connectivity index (χ3v) is 13.9. The predicted molar refractivity (Wildman–Crippen MR) is 252 cm³/mol. The summed E-state index contributed by atoms with van der Waals surface area (Å²) in [5.74, 6) is -4.75. The monoisotopic (exact) mass is 1360 g/mol. The normalized spacial score (nSPS) is 12.4. The number of nitrogens with one attached hydrogen (secondary N) is 2. The summed E-state index contributed by atoms with van der Waals surface area (Å²) in [7, 11) is -34.5. The molecule has 0 bridgehead atoms. The summed E-state index contributed by atoms with van der Waals surface area (Å²) in [5.41, 5.74) is -1.19. The Kier molecular flexibility index (Phi) is 24.2. The van der Waals surface area contributed by atoms with Crippen molar-refractivity contribution in [3.05, 3.63) is 97.1 Å². The second-order valence-electron chi connectivity index (χ2n) is 15.9. The van der Waals surface area contributed by atoms with Gasteiger partial charge in [0.05, 0.1) is 21.8 Å². The number of hydrogen-bond acceptors (Lipinski definition) is 24. The summed E-state index contributed by atoms with van der Waals surface area (Å²) in [5, 5.41) is -5.81. The molecule has 382 valence electrons. The second kappa shape index (κ2) is 26.6. The van der Waals surface area contributed by atoms with E-state index >= 15 is 0 Å². The van der Waals surface area contributed by atoms with E-state index in [2.05, 4.69) is 9.97 Å². The fraction of sp³-hybridized carbons (Fsp3) is 0. The first-order valence-electron chi connectivity index (χ1n) is 20.0. The van der Waals surface area contributed by atoms with E-state index < -0.39 is 151 Å². The van der Waals surface area contributed by atoms with Gasteiger partial charge in [-0.3, -0.25) is 0 Å². The van der Waals surface area contributed by atoms with E-state index in [9.17, 15) is 77.8 Å². The molecule has 0 aliphatic rings. The van der Waals surface area contributed by atoms with Crippen molar-refractivity contribution >= 4 is 171 Å². The molecule has 0 saturated carbocycles. The van der Waals surface area contributed by atoms with Gasteiger partial charge in [-0.2, -0.15) is 0 Å². The summed E-state index contributed by atoms with van der Waals surface area (Å²) < 4.78 is 254. The molecule has 0 radical (unpaired) electrons. The van der Waals surface area contributed by atoms with Crippen molar-refractivity contribution in [3.63, 3.8) is 0 Å². The molecule has 11 rings (SSSR count). The average molecular weight is 1360 g/mol. The van der Waals surface area contributed by atoms with Crippen molar-refractivity contribution in [1.82, 2.24) is 9.97 Å². The molecular formula is C42H18K6N2O24S6. The van der Waals surface area contributed by atoms with Gasteiger partial charge >= 0.3 is 308 Å². The summed E-state index contributed by atoms with van der Waals surface area (Å²) in [6.07, 6.45) is 0. The Morgan fingerprint density at radius 2 is 0.463 bits per heavy atom. The van der Waals surface area contributed by atoms with Crippen molar-refractivity contribution in [2.45, 2.75) is 0 Å². The third kappa shape index (κ3) is 14.7. The van der Waals surface area contributed by atoms with E-state index in [1.807, 2.05) is 0 Å². The van der Waals surface area contributed by atoms with Gasteiger partial charge in [-0.25, -0.2) is 50.5 Å². The van der Waals surface area contributed by atoms with Crippen LogP contribution in [0.1, 0.15) is 0 Å². The first kappa shape index (κ1) is 73.0. The Morgan fingerprint density at radius 3 is 0.688 bits per heavy atom. The molecule has 0 spiro atoms. The zero-order chi connectivity index (χ0) is 53.0. The zero-order valence-electron chi connectivity index (χ0n) is 41.5. The van der Waals surface area contributed by atoms with E-state index in [4.69, 9.17) is 25.1 Å². The van der Waals surface area contributed by atoms with Crippen molar-refractivity contribution in [2.75, 3.05) is 0 Å². The van der Waals surface area contributed by atoms with Crippen LogP contribution in [-0.2, 0) is 62.4 Å². The van der Waals surface area contributed by atoms with Crippen LogP contribution in [0.15, 0.2) is 97.1 Å². The molecule has 0 aliphatic heterocycles. The van der Waals surface area contributed by atoms with E-state index in [1.54, 1.807) is 0 Å². The number of aromatic amines is 2. The van der Waals surface area contributed by atoms with Crippen LogP contribution in [0.25, 0.3) is 108 Å². The topological polar surface area (TPSA) is 430 Å². The van der Waals surface area contributed by atoms with Gasteiger partial charge in [0.2, 0.25) is 0 Å². The number of fused-ring (bicyclic) bond motifs is 15. The Balaban J connectivity index is 0.00000196. The molecular weight excluding hydrogens is 1340 g/mol. The van der Waals surface area contributed by atoms with Crippen molar-refractivity contribution < 1.29 is 411 Å². The van der Waals surface area contributed by atoms with Gasteiger partial charge in [-0.05, 0) is 24.3 Å². The molecule has 26 nitrogen and oxygen atoms in total. The van der Waals surface area contributed by atoms with Crippen LogP contribution in [0.5, 0.6) is 34.5 Å². The average Bonchev–Trinajstić information content (AvgIpc) is 3.83. The molecule has 0 aliphatic carbocycles. The number of rotatable bonds is 12. The van der Waals surface area contributed by atoms with Crippen LogP contribution in [0.4, 0.5) is 0 Å². The largest absolute Gasteiger partial charge is 1.00 e. The molecule has 0 saturated heterocycles. The minimum absolute atomic E-state index is 0. The van der Waals surface area contributed by atoms with E-state index in [0.29, 0.717) is 0 Å². The first-order chi connectivity index (χ1) is 34.4. The Morgan fingerprint density at radius 1 is 0.263 bits per heavy atom.